The number of piperazine rings is 1. The molecule has 2 N–H and O–H groups in total. The molecule has 1 fully saturated rings. The highest BCUT2D eigenvalue weighted by molar-refractivity contribution is 7.17. The van der Waals surface area contributed by atoms with Crippen molar-refractivity contribution in [3.8, 4) is 0 Å². The number of aromatic amines is 1. The highest BCUT2D eigenvalue weighted by atomic mass is 32.1. The lowest BCUT2D eigenvalue weighted by Crippen LogP contribution is -2.45. The van der Waals surface area contributed by atoms with Crippen molar-refractivity contribution < 1.29 is 9.59 Å². The Balaban J connectivity index is 1.62. The molecule has 1 saturated heterocycles. The molecule has 1 aromatic carbocycles. The maximum Gasteiger partial charge on any atom is 0.261 e. The van der Waals surface area contributed by atoms with Crippen LogP contribution in [0.4, 0.5) is 5.95 Å². The largest absolute Gasteiger partial charge is 0.360 e. The summed E-state index contributed by atoms with van der Waals surface area (Å²) in [4.78, 5) is 43.5. The average molecular weight is 459 g/mol. The number of amides is 2. The number of H-pyrrole nitrogens is 1. The van der Waals surface area contributed by atoms with E-state index in [2.05, 4.69) is 27.1 Å². The monoisotopic (exact) mass is 458 g/mol. The van der Waals surface area contributed by atoms with Crippen LogP contribution in [0, 0.1) is 6.92 Å². The third-order valence-electron chi connectivity index (χ3n) is 6.34. The molecule has 0 atom stereocenters. The lowest BCUT2D eigenvalue weighted by Gasteiger charge is -2.32. The van der Waals surface area contributed by atoms with Crippen LogP contribution in [0.3, 0.4) is 0 Å². The zero-order chi connectivity index (χ0) is 22.7. The van der Waals surface area contributed by atoms with E-state index in [-0.39, 0.29) is 0 Å². The number of imide groups is 1. The number of rotatable bonds is 3. The van der Waals surface area contributed by atoms with Gasteiger partial charge >= 0.3 is 0 Å². The second-order valence-electron chi connectivity index (χ2n) is 8.58. The molecule has 166 valence electrons. The summed E-state index contributed by atoms with van der Waals surface area (Å²) in [6, 6.07) is 7.91. The topological polar surface area (TPSA) is 94.2 Å². The maximum absolute atomic E-state index is 13.1. The van der Waals surface area contributed by atoms with Gasteiger partial charge in [-0.25, -0.2) is 9.97 Å². The number of aryl methyl sites for hydroxylation is 1. The van der Waals surface area contributed by atoms with E-state index in [9.17, 15) is 9.59 Å². The molecule has 0 unspecified atom stereocenters. The van der Waals surface area contributed by atoms with Crippen LogP contribution in [-0.4, -0.2) is 64.9 Å². The van der Waals surface area contributed by atoms with Crippen LogP contribution in [0.2, 0.25) is 0 Å². The molecule has 0 aliphatic carbocycles. The van der Waals surface area contributed by atoms with Crippen LogP contribution in [0.25, 0.3) is 32.3 Å². The van der Waals surface area contributed by atoms with Crippen molar-refractivity contribution in [2.24, 2.45) is 0 Å². The Bertz CT molecular complexity index is 1470. The highest BCUT2D eigenvalue weighted by Crippen LogP contribution is 2.38. The van der Waals surface area contributed by atoms with Gasteiger partial charge in [-0.15, -0.1) is 11.3 Å². The Morgan fingerprint density at radius 1 is 1.00 bits per heavy atom. The number of likely N-dealkylation sites (N-methyl/N-ethyl adjacent to an activating group) is 1. The van der Waals surface area contributed by atoms with E-state index >= 15 is 0 Å². The molecular weight excluding hydrogens is 436 g/mol. The lowest BCUT2D eigenvalue weighted by molar-refractivity contribution is -0.122. The Morgan fingerprint density at radius 2 is 1.79 bits per heavy atom. The first kappa shape index (κ1) is 20.1. The van der Waals surface area contributed by atoms with E-state index in [0.717, 1.165) is 58.4 Å². The van der Waals surface area contributed by atoms with E-state index < -0.39 is 11.8 Å². The van der Waals surface area contributed by atoms with Crippen molar-refractivity contribution in [1.82, 2.24) is 25.2 Å². The molecule has 2 aliphatic rings. The van der Waals surface area contributed by atoms with Gasteiger partial charge in [0.1, 0.15) is 0 Å². The third-order valence-corrected chi connectivity index (χ3v) is 7.29. The first-order valence-electron chi connectivity index (χ1n) is 10.9. The van der Waals surface area contributed by atoms with Crippen molar-refractivity contribution in [2.75, 3.05) is 38.1 Å². The number of hydrogen-bond donors (Lipinski definition) is 2. The zero-order valence-corrected chi connectivity index (χ0v) is 19.1. The van der Waals surface area contributed by atoms with Gasteiger partial charge in [0.15, 0.2) is 0 Å². The van der Waals surface area contributed by atoms with Crippen molar-refractivity contribution in [2.45, 2.75) is 6.92 Å². The van der Waals surface area contributed by atoms with Crippen LogP contribution in [0.5, 0.6) is 0 Å². The molecule has 0 spiro atoms. The van der Waals surface area contributed by atoms with Gasteiger partial charge in [0.25, 0.3) is 11.8 Å². The van der Waals surface area contributed by atoms with Gasteiger partial charge in [-0.05, 0) is 37.6 Å². The van der Waals surface area contributed by atoms with E-state index in [0.29, 0.717) is 22.8 Å². The molecule has 4 aromatic rings. The van der Waals surface area contributed by atoms with Gasteiger partial charge in [-0.2, -0.15) is 0 Å². The van der Waals surface area contributed by atoms with Crippen LogP contribution in [0.1, 0.15) is 16.8 Å². The van der Waals surface area contributed by atoms with Gasteiger partial charge in [0, 0.05) is 43.3 Å². The number of carbonyl (C=O) groups is 2. The smallest absolute Gasteiger partial charge is 0.261 e. The van der Waals surface area contributed by atoms with E-state index in [4.69, 9.17) is 9.97 Å². The number of benzene rings is 1. The second kappa shape index (κ2) is 7.50. The zero-order valence-electron chi connectivity index (χ0n) is 18.3. The van der Waals surface area contributed by atoms with Crippen molar-refractivity contribution in [3.05, 3.63) is 52.7 Å². The molecule has 33 heavy (non-hydrogen) atoms. The maximum atomic E-state index is 13.1. The summed E-state index contributed by atoms with van der Waals surface area (Å²) >= 11 is 1.54. The number of hydrogen-bond acceptors (Lipinski definition) is 7. The van der Waals surface area contributed by atoms with Gasteiger partial charge in [0.2, 0.25) is 5.95 Å². The number of nitrogens with zero attached hydrogens (tertiary/aromatic N) is 4. The molecule has 0 radical (unpaired) electrons. The van der Waals surface area contributed by atoms with Crippen molar-refractivity contribution in [3.63, 3.8) is 0 Å². The number of anilines is 1. The minimum Gasteiger partial charge on any atom is -0.360 e. The summed E-state index contributed by atoms with van der Waals surface area (Å²) in [5.41, 5.74) is 4.63. The fourth-order valence-electron chi connectivity index (χ4n) is 4.54. The van der Waals surface area contributed by atoms with Crippen molar-refractivity contribution in [1.29, 1.82) is 0 Å². The predicted molar refractivity (Wildman–Crippen MR) is 130 cm³/mol. The molecular formula is C24H22N6O2S. The summed E-state index contributed by atoms with van der Waals surface area (Å²) in [5.74, 6) is -0.236. The Labute approximate surface area is 193 Å². The van der Waals surface area contributed by atoms with Crippen molar-refractivity contribution >= 4 is 61.4 Å². The van der Waals surface area contributed by atoms with Crippen LogP contribution in [0.15, 0.2) is 35.8 Å². The highest BCUT2D eigenvalue weighted by Gasteiger charge is 2.36. The van der Waals surface area contributed by atoms with E-state index in [1.807, 2.05) is 36.6 Å². The van der Waals surface area contributed by atoms with E-state index in [1.165, 1.54) is 11.3 Å². The Kier molecular flexibility index (Phi) is 4.56. The molecule has 2 aliphatic heterocycles. The van der Waals surface area contributed by atoms with Crippen LogP contribution >= 0.6 is 11.3 Å². The quantitative estimate of drug-likeness (QED) is 0.459. The molecule has 9 heteroatoms. The fraction of sp³-hybridized carbons (Fsp3) is 0.250. The first-order valence-corrected chi connectivity index (χ1v) is 11.7. The summed E-state index contributed by atoms with van der Waals surface area (Å²) in [7, 11) is 2.10. The normalized spacial score (nSPS) is 17.6. The molecule has 3 aromatic heterocycles. The number of carbonyl (C=O) groups excluding carboxylic acids is 2. The lowest BCUT2D eigenvalue weighted by atomic mass is 9.98. The first-order chi connectivity index (χ1) is 16.0. The van der Waals surface area contributed by atoms with Gasteiger partial charge in [-0.1, -0.05) is 11.6 Å². The molecule has 0 bridgehead atoms. The summed E-state index contributed by atoms with van der Waals surface area (Å²) in [6.07, 6.45) is 1.80. The van der Waals surface area contributed by atoms with Gasteiger partial charge < -0.3 is 14.8 Å². The fourth-order valence-corrected chi connectivity index (χ4v) is 5.42. The molecule has 6 rings (SSSR count). The van der Waals surface area contributed by atoms with Crippen LogP contribution in [-0.2, 0) is 9.59 Å². The predicted octanol–water partition coefficient (Wildman–Crippen LogP) is 2.80. The number of aromatic nitrogens is 3. The Hall–Kier alpha value is -3.56. The number of nitrogens with one attached hydrogen (secondary N) is 2. The molecule has 8 nitrogen and oxygen atoms in total. The SMILES string of the molecule is Cc1ccc2nc(N3CCN(C)CC3)nc(C3=C(c4c[nH]c5ccsc45)C(=O)NC3=O)c2c1. The summed E-state index contributed by atoms with van der Waals surface area (Å²) in [5, 5.41) is 5.24. The molecule has 2 amide bonds. The minimum absolute atomic E-state index is 0.308. The minimum atomic E-state index is -0.424. The molecule has 0 saturated carbocycles. The average Bonchev–Trinajstić information content (AvgIpc) is 3.48. The number of thiophene rings is 1. The van der Waals surface area contributed by atoms with Gasteiger partial charge in [0.05, 0.1) is 32.6 Å². The summed E-state index contributed by atoms with van der Waals surface area (Å²) in [6.45, 7) is 5.43. The standard InChI is InChI=1S/C24H22N6O2S/c1-13-3-4-16-14(11-13)20(27-24(26-16)30-8-6-29(2)7-9-30)19-18(22(31)28-23(19)32)15-12-25-17-5-10-33-21(15)17/h3-5,10-12,25H,6-9H2,1-2H3,(H,28,31,32). The van der Waals surface area contributed by atoms with Gasteiger partial charge in [-0.3, -0.25) is 14.9 Å². The number of fused-ring (bicyclic) bond motifs is 2. The van der Waals surface area contributed by atoms with E-state index in [1.54, 1.807) is 6.20 Å². The molecule has 5 heterocycles. The third kappa shape index (κ3) is 3.23. The summed E-state index contributed by atoms with van der Waals surface area (Å²) < 4.78 is 0.946. The van der Waals surface area contributed by atoms with Crippen LogP contribution < -0.4 is 10.2 Å². The second-order valence-corrected chi connectivity index (χ2v) is 9.50. The Morgan fingerprint density at radius 3 is 2.61 bits per heavy atom.